The molecule has 1 heterocycles. The summed E-state index contributed by atoms with van der Waals surface area (Å²) < 4.78 is 5.48. The number of aromatic nitrogens is 2. The molecule has 0 atom stereocenters. The molecule has 8 heteroatoms. The molecule has 0 fully saturated rings. The Morgan fingerprint density at radius 1 is 1.18 bits per heavy atom. The molecule has 0 unspecified atom stereocenters. The van der Waals surface area contributed by atoms with Crippen LogP contribution < -0.4 is 10.1 Å². The maximum atomic E-state index is 11.7. The van der Waals surface area contributed by atoms with Crippen LogP contribution >= 0.6 is 11.6 Å². The third-order valence-corrected chi connectivity index (χ3v) is 4.74. The number of aliphatic hydroxyl groups excluding tert-OH is 1. The molecule has 0 spiro atoms. The van der Waals surface area contributed by atoms with E-state index in [1.54, 1.807) is 24.4 Å². The van der Waals surface area contributed by atoms with Crippen molar-refractivity contribution in [1.29, 1.82) is 0 Å². The number of benzene rings is 2. The normalized spacial score (nSPS) is 10.4. The average molecular weight is 472 g/mol. The number of aryl methyl sites for hydroxylation is 1. The van der Waals surface area contributed by atoms with Crippen LogP contribution in [0.1, 0.15) is 53.7 Å². The lowest BCUT2D eigenvalue weighted by molar-refractivity contribution is 0.0950. The van der Waals surface area contributed by atoms with Crippen molar-refractivity contribution in [3.8, 4) is 17.0 Å². The highest BCUT2D eigenvalue weighted by Crippen LogP contribution is 2.26. The molecule has 0 radical (unpaired) electrons. The Bertz CT molecular complexity index is 1060. The number of nitrogens with zero attached hydrogens (tertiary/aromatic N) is 1. The van der Waals surface area contributed by atoms with E-state index in [-0.39, 0.29) is 24.4 Å². The molecule has 1 aromatic heterocycles. The Labute approximate surface area is 199 Å². The first-order valence-electron chi connectivity index (χ1n) is 10.7. The van der Waals surface area contributed by atoms with E-state index in [1.807, 2.05) is 45.0 Å². The van der Waals surface area contributed by atoms with Crippen molar-refractivity contribution < 1.29 is 19.4 Å². The molecule has 0 saturated carbocycles. The number of ether oxygens (including phenoxy) is 1. The SMILES string of the molecule is CC(=O)c1ncc(-c2ccc(C)cc2)[nH]1.CC(C)Oc1ccc(C(=O)NCCCO)cc1Cl. The van der Waals surface area contributed by atoms with Crippen LogP contribution in [0, 0.1) is 6.92 Å². The van der Waals surface area contributed by atoms with Gasteiger partial charge in [-0.25, -0.2) is 4.98 Å². The second-order valence-electron chi connectivity index (χ2n) is 7.71. The highest BCUT2D eigenvalue weighted by Gasteiger charge is 2.10. The zero-order valence-electron chi connectivity index (χ0n) is 19.3. The van der Waals surface area contributed by atoms with Crippen molar-refractivity contribution in [3.05, 3.63) is 70.6 Å². The fourth-order valence-electron chi connectivity index (χ4n) is 2.75. The number of amides is 1. The molecular formula is C25H30ClN3O4. The summed E-state index contributed by atoms with van der Waals surface area (Å²) >= 11 is 6.03. The van der Waals surface area contributed by atoms with Crippen molar-refractivity contribution in [1.82, 2.24) is 15.3 Å². The van der Waals surface area contributed by atoms with Crippen LogP contribution in [0.4, 0.5) is 0 Å². The Balaban J connectivity index is 0.000000237. The third kappa shape index (κ3) is 8.36. The smallest absolute Gasteiger partial charge is 0.251 e. The first-order valence-corrected chi connectivity index (χ1v) is 11.1. The van der Waals surface area contributed by atoms with Gasteiger partial charge in [0, 0.05) is 25.6 Å². The molecule has 0 aliphatic rings. The number of aromatic amines is 1. The number of aliphatic hydroxyl groups is 1. The lowest BCUT2D eigenvalue weighted by atomic mass is 10.1. The van der Waals surface area contributed by atoms with Crippen molar-refractivity contribution in [2.75, 3.05) is 13.2 Å². The number of H-pyrrole nitrogens is 1. The quantitative estimate of drug-likeness (QED) is 0.322. The summed E-state index contributed by atoms with van der Waals surface area (Å²) in [5.41, 5.74) is 3.61. The fourth-order valence-corrected chi connectivity index (χ4v) is 2.98. The van der Waals surface area contributed by atoms with Crippen molar-refractivity contribution in [3.63, 3.8) is 0 Å². The van der Waals surface area contributed by atoms with Gasteiger partial charge >= 0.3 is 0 Å². The van der Waals surface area contributed by atoms with E-state index in [0.29, 0.717) is 35.1 Å². The number of hydrogen-bond acceptors (Lipinski definition) is 5. The maximum absolute atomic E-state index is 11.7. The molecular weight excluding hydrogens is 442 g/mol. The molecule has 3 aromatic rings. The number of carbonyl (C=O) groups is 2. The molecule has 2 aromatic carbocycles. The molecule has 1 amide bonds. The number of carbonyl (C=O) groups excluding carboxylic acids is 2. The van der Waals surface area contributed by atoms with Gasteiger partial charge in [0.25, 0.3) is 5.91 Å². The molecule has 0 bridgehead atoms. The van der Waals surface area contributed by atoms with Gasteiger partial charge in [-0.1, -0.05) is 41.4 Å². The van der Waals surface area contributed by atoms with E-state index in [4.69, 9.17) is 21.4 Å². The number of nitrogens with one attached hydrogen (secondary N) is 2. The van der Waals surface area contributed by atoms with Gasteiger partial charge in [-0.15, -0.1) is 0 Å². The van der Waals surface area contributed by atoms with Crippen LogP contribution in [0.2, 0.25) is 5.02 Å². The van der Waals surface area contributed by atoms with Crippen LogP contribution in [0.15, 0.2) is 48.7 Å². The van der Waals surface area contributed by atoms with Crippen LogP contribution in [-0.2, 0) is 0 Å². The highest BCUT2D eigenvalue weighted by molar-refractivity contribution is 6.32. The predicted octanol–water partition coefficient (Wildman–Crippen LogP) is 4.83. The minimum Gasteiger partial charge on any atom is -0.489 e. The van der Waals surface area contributed by atoms with E-state index < -0.39 is 0 Å². The summed E-state index contributed by atoms with van der Waals surface area (Å²) in [6, 6.07) is 13.0. The predicted molar refractivity (Wildman–Crippen MR) is 130 cm³/mol. The minimum atomic E-state index is -0.207. The van der Waals surface area contributed by atoms with E-state index in [0.717, 1.165) is 11.3 Å². The van der Waals surface area contributed by atoms with E-state index in [2.05, 4.69) is 15.3 Å². The first-order chi connectivity index (χ1) is 15.7. The zero-order valence-corrected chi connectivity index (χ0v) is 20.1. The number of halogens is 1. The molecule has 3 rings (SSSR count). The van der Waals surface area contributed by atoms with Gasteiger partial charge in [0.1, 0.15) is 5.75 Å². The number of imidazole rings is 1. The molecule has 0 saturated heterocycles. The largest absolute Gasteiger partial charge is 0.489 e. The highest BCUT2D eigenvalue weighted by atomic mass is 35.5. The molecule has 33 heavy (non-hydrogen) atoms. The Kier molecular flexibility index (Phi) is 10.1. The van der Waals surface area contributed by atoms with Gasteiger partial charge in [0.15, 0.2) is 11.6 Å². The number of hydrogen-bond donors (Lipinski definition) is 3. The van der Waals surface area contributed by atoms with Crippen LogP contribution in [0.25, 0.3) is 11.3 Å². The standard InChI is InChI=1S/C13H18ClNO3.C12H12N2O/c1-9(2)18-12-5-4-10(8-11(12)14)13(17)15-6-3-7-16;1-8-3-5-10(6-4-8)11-7-13-12(14-11)9(2)15/h4-5,8-9,16H,3,6-7H2,1-2H3,(H,15,17);3-7H,1-2H3,(H,13,14). The first kappa shape index (κ1) is 26.1. The topological polar surface area (TPSA) is 104 Å². The third-order valence-electron chi connectivity index (χ3n) is 4.45. The average Bonchev–Trinajstić information content (AvgIpc) is 3.27. The van der Waals surface area contributed by atoms with Gasteiger partial charge in [0.2, 0.25) is 0 Å². The molecule has 7 nitrogen and oxygen atoms in total. The number of rotatable bonds is 8. The van der Waals surface area contributed by atoms with Gasteiger partial charge in [-0.05, 0) is 51.0 Å². The lowest BCUT2D eigenvalue weighted by Crippen LogP contribution is -2.25. The number of ketones is 1. The molecule has 0 aliphatic carbocycles. The fraction of sp³-hybridized carbons (Fsp3) is 0.320. The molecule has 176 valence electrons. The summed E-state index contributed by atoms with van der Waals surface area (Å²) in [5.74, 6) is 0.721. The summed E-state index contributed by atoms with van der Waals surface area (Å²) in [5, 5.41) is 11.7. The second kappa shape index (κ2) is 12.8. The van der Waals surface area contributed by atoms with Gasteiger partial charge in [-0.2, -0.15) is 0 Å². The molecule has 3 N–H and O–H groups in total. The van der Waals surface area contributed by atoms with E-state index >= 15 is 0 Å². The summed E-state index contributed by atoms with van der Waals surface area (Å²) in [4.78, 5) is 29.8. The monoisotopic (exact) mass is 471 g/mol. The van der Waals surface area contributed by atoms with Crippen LogP contribution in [-0.4, -0.2) is 46.0 Å². The Hall–Kier alpha value is -3.16. The Morgan fingerprint density at radius 2 is 1.88 bits per heavy atom. The lowest BCUT2D eigenvalue weighted by Gasteiger charge is -2.12. The minimum absolute atomic E-state index is 0.0340. The summed E-state index contributed by atoms with van der Waals surface area (Å²) in [6.07, 6.45) is 2.25. The van der Waals surface area contributed by atoms with Gasteiger partial charge in [0.05, 0.1) is 23.0 Å². The number of Topliss-reactive ketones (excluding diaryl/α,β-unsaturated/α-hetero) is 1. The van der Waals surface area contributed by atoms with E-state index in [1.165, 1.54) is 12.5 Å². The van der Waals surface area contributed by atoms with Crippen LogP contribution in [0.3, 0.4) is 0 Å². The van der Waals surface area contributed by atoms with Gasteiger partial charge in [-0.3, -0.25) is 9.59 Å². The van der Waals surface area contributed by atoms with Crippen LogP contribution in [0.5, 0.6) is 5.75 Å². The van der Waals surface area contributed by atoms with Gasteiger partial charge < -0.3 is 20.1 Å². The van der Waals surface area contributed by atoms with Crippen molar-refractivity contribution in [2.45, 2.75) is 40.2 Å². The summed E-state index contributed by atoms with van der Waals surface area (Å²) in [6.45, 7) is 7.85. The summed E-state index contributed by atoms with van der Waals surface area (Å²) in [7, 11) is 0. The second-order valence-corrected chi connectivity index (χ2v) is 8.12. The van der Waals surface area contributed by atoms with Crippen molar-refractivity contribution >= 4 is 23.3 Å². The van der Waals surface area contributed by atoms with Crippen molar-refractivity contribution in [2.24, 2.45) is 0 Å². The maximum Gasteiger partial charge on any atom is 0.251 e. The zero-order chi connectivity index (χ0) is 24.4. The van der Waals surface area contributed by atoms with E-state index in [9.17, 15) is 9.59 Å². The Morgan fingerprint density at radius 3 is 2.42 bits per heavy atom. The molecule has 0 aliphatic heterocycles.